The van der Waals surface area contributed by atoms with Crippen molar-refractivity contribution < 1.29 is 4.74 Å². The van der Waals surface area contributed by atoms with Crippen molar-refractivity contribution >= 4 is 28.8 Å². The fourth-order valence-corrected chi connectivity index (χ4v) is 2.90. The second kappa shape index (κ2) is 7.25. The van der Waals surface area contributed by atoms with Crippen molar-refractivity contribution in [3.05, 3.63) is 78.9 Å². The van der Waals surface area contributed by atoms with Gasteiger partial charge < -0.3 is 9.64 Å². The van der Waals surface area contributed by atoms with Crippen LogP contribution in [0.3, 0.4) is 0 Å². The Morgan fingerprint density at radius 1 is 0.696 bits per heavy atom. The zero-order valence-corrected chi connectivity index (χ0v) is 14.1. The lowest BCUT2D eigenvalue weighted by Gasteiger charge is -2.25. The second-order valence-corrected chi connectivity index (χ2v) is 5.95. The van der Waals surface area contributed by atoms with Gasteiger partial charge in [0.1, 0.15) is 5.75 Å². The number of benzene rings is 3. The maximum Gasteiger partial charge on any atom is 0.119 e. The zero-order chi connectivity index (χ0) is 16.1. The number of ether oxygens (including phenoxy) is 1. The summed E-state index contributed by atoms with van der Waals surface area (Å²) in [6, 6.07) is 27.1. The molecule has 0 saturated carbocycles. The first-order valence-corrected chi connectivity index (χ1v) is 8.67. The van der Waals surface area contributed by atoms with Gasteiger partial charge in [-0.1, -0.05) is 18.2 Å². The van der Waals surface area contributed by atoms with Crippen LogP contribution in [0, 0.1) is 0 Å². The molecular weight excluding hydrogens is 302 g/mol. The van der Waals surface area contributed by atoms with Gasteiger partial charge in [0.2, 0.25) is 0 Å². The van der Waals surface area contributed by atoms with Crippen LogP contribution < -0.4 is 9.64 Å². The summed E-state index contributed by atoms with van der Waals surface area (Å²) >= 11 is 1.75. The number of rotatable bonds is 5. The molecule has 0 aromatic heterocycles. The van der Waals surface area contributed by atoms with Gasteiger partial charge in [0.25, 0.3) is 0 Å². The molecule has 0 saturated heterocycles. The maximum atomic E-state index is 5.27. The monoisotopic (exact) mass is 321 g/mol. The van der Waals surface area contributed by atoms with Crippen molar-refractivity contribution in [3.8, 4) is 5.75 Å². The van der Waals surface area contributed by atoms with Crippen LogP contribution in [0.15, 0.2) is 83.8 Å². The van der Waals surface area contributed by atoms with Crippen LogP contribution in [0.2, 0.25) is 0 Å². The first-order valence-electron chi connectivity index (χ1n) is 7.45. The second-order valence-electron chi connectivity index (χ2n) is 5.07. The summed E-state index contributed by atoms with van der Waals surface area (Å²) in [6.07, 6.45) is 2.09. The average Bonchev–Trinajstić information content (AvgIpc) is 2.64. The molecule has 116 valence electrons. The Morgan fingerprint density at radius 2 is 1.22 bits per heavy atom. The quantitative estimate of drug-likeness (QED) is 0.544. The molecule has 0 amide bonds. The van der Waals surface area contributed by atoms with Crippen LogP contribution in [0.25, 0.3) is 0 Å². The van der Waals surface area contributed by atoms with E-state index in [9.17, 15) is 0 Å². The summed E-state index contributed by atoms with van der Waals surface area (Å²) in [5.41, 5.74) is 3.38. The van der Waals surface area contributed by atoms with E-state index in [2.05, 4.69) is 71.8 Å². The molecule has 0 spiro atoms. The van der Waals surface area contributed by atoms with E-state index in [1.807, 2.05) is 18.2 Å². The third kappa shape index (κ3) is 3.51. The maximum absolute atomic E-state index is 5.27. The van der Waals surface area contributed by atoms with Gasteiger partial charge >= 0.3 is 0 Å². The molecule has 2 nitrogen and oxygen atoms in total. The summed E-state index contributed by atoms with van der Waals surface area (Å²) in [5.74, 6) is 0.861. The zero-order valence-electron chi connectivity index (χ0n) is 13.3. The highest BCUT2D eigenvalue weighted by atomic mass is 32.2. The fraction of sp³-hybridized carbons (Fsp3) is 0.100. The summed E-state index contributed by atoms with van der Waals surface area (Å²) in [6.45, 7) is 0. The van der Waals surface area contributed by atoms with E-state index >= 15 is 0 Å². The van der Waals surface area contributed by atoms with Gasteiger partial charge in [-0.05, 0) is 66.9 Å². The van der Waals surface area contributed by atoms with E-state index in [4.69, 9.17) is 4.74 Å². The molecule has 3 rings (SSSR count). The van der Waals surface area contributed by atoms with E-state index < -0.39 is 0 Å². The Hall–Kier alpha value is -2.39. The van der Waals surface area contributed by atoms with Crippen LogP contribution in [0.5, 0.6) is 5.75 Å². The van der Waals surface area contributed by atoms with E-state index in [0.717, 1.165) is 22.8 Å². The molecule has 23 heavy (non-hydrogen) atoms. The standard InChI is InChI=1S/C20H19NOS/c1-22-19-12-8-17(9-13-19)21(16-6-4-3-5-7-16)18-10-14-20(23-2)15-11-18/h3-15H,1-2H3. The molecule has 0 unspecified atom stereocenters. The number of thioether (sulfide) groups is 1. The van der Waals surface area contributed by atoms with Crippen molar-refractivity contribution in [3.63, 3.8) is 0 Å². The molecule has 0 fully saturated rings. The third-order valence-electron chi connectivity index (χ3n) is 3.68. The minimum atomic E-state index is 0.861. The smallest absolute Gasteiger partial charge is 0.119 e. The molecule has 0 aliphatic carbocycles. The number of hydrogen-bond acceptors (Lipinski definition) is 3. The number of nitrogens with zero attached hydrogens (tertiary/aromatic N) is 1. The fourth-order valence-electron chi connectivity index (χ4n) is 2.49. The Labute approximate surface area is 141 Å². The lowest BCUT2D eigenvalue weighted by atomic mass is 10.2. The Kier molecular flexibility index (Phi) is 4.89. The van der Waals surface area contributed by atoms with E-state index in [1.54, 1.807) is 18.9 Å². The lowest BCUT2D eigenvalue weighted by molar-refractivity contribution is 0.415. The Bertz CT molecular complexity index is 691. The average molecular weight is 321 g/mol. The third-order valence-corrected chi connectivity index (χ3v) is 4.42. The van der Waals surface area contributed by atoms with Gasteiger partial charge in [0.15, 0.2) is 0 Å². The number of para-hydroxylation sites is 1. The SMILES string of the molecule is COc1ccc(N(c2ccccc2)c2ccc(SC)cc2)cc1. The molecule has 0 N–H and O–H groups in total. The summed E-state index contributed by atoms with van der Waals surface area (Å²) in [4.78, 5) is 3.50. The molecule has 0 radical (unpaired) electrons. The summed E-state index contributed by atoms with van der Waals surface area (Å²) in [7, 11) is 1.69. The van der Waals surface area contributed by atoms with Crippen molar-refractivity contribution in [1.29, 1.82) is 0 Å². The van der Waals surface area contributed by atoms with Gasteiger partial charge in [-0.15, -0.1) is 11.8 Å². The van der Waals surface area contributed by atoms with Crippen molar-refractivity contribution in [2.24, 2.45) is 0 Å². The van der Waals surface area contributed by atoms with Crippen molar-refractivity contribution in [2.45, 2.75) is 4.90 Å². The highest BCUT2D eigenvalue weighted by Gasteiger charge is 2.12. The van der Waals surface area contributed by atoms with Crippen molar-refractivity contribution in [2.75, 3.05) is 18.3 Å². The van der Waals surface area contributed by atoms with Gasteiger partial charge in [0, 0.05) is 22.0 Å². The highest BCUT2D eigenvalue weighted by molar-refractivity contribution is 7.98. The first-order chi connectivity index (χ1) is 11.3. The van der Waals surface area contributed by atoms with Gasteiger partial charge in [-0.3, -0.25) is 0 Å². The van der Waals surface area contributed by atoms with Crippen molar-refractivity contribution in [1.82, 2.24) is 0 Å². The normalized spacial score (nSPS) is 10.3. The molecule has 0 atom stereocenters. The Morgan fingerprint density at radius 3 is 1.74 bits per heavy atom. The summed E-state index contributed by atoms with van der Waals surface area (Å²) in [5, 5.41) is 0. The van der Waals surface area contributed by atoms with Gasteiger partial charge in [0.05, 0.1) is 7.11 Å². The van der Waals surface area contributed by atoms with E-state index in [0.29, 0.717) is 0 Å². The largest absolute Gasteiger partial charge is 0.497 e. The minimum absolute atomic E-state index is 0.861. The number of methoxy groups -OCH3 is 1. The van der Waals surface area contributed by atoms with E-state index in [-0.39, 0.29) is 0 Å². The van der Waals surface area contributed by atoms with Crippen LogP contribution in [0.1, 0.15) is 0 Å². The van der Waals surface area contributed by atoms with Crippen LogP contribution in [-0.4, -0.2) is 13.4 Å². The van der Waals surface area contributed by atoms with Crippen LogP contribution in [0.4, 0.5) is 17.1 Å². The molecule has 0 aliphatic rings. The highest BCUT2D eigenvalue weighted by Crippen LogP contribution is 2.35. The summed E-state index contributed by atoms with van der Waals surface area (Å²) < 4.78 is 5.27. The minimum Gasteiger partial charge on any atom is -0.497 e. The molecule has 0 heterocycles. The first kappa shape index (κ1) is 15.5. The predicted octanol–water partition coefficient (Wildman–Crippen LogP) is 5.89. The molecular formula is C20H19NOS. The van der Waals surface area contributed by atoms with Crippen LogP contribution >= 0.6 is 11.8 Å². The van der Waals surface area contributed by atoms with E-state index in [1.165, 1.54) is 4.90 Å². The predicted molar refractivity (Wildman–Crippen MR) is 99.5 cm³/mol. The number of anilines is 3. The Balaban J connectivity index is 2.05. The molecule has 0 bridgehead atoms. The lowest BCUT2D eigenvalue weighted by Crippen LogP contribution is -2.09. The molecule has 3 aromatic carbocycles. The molecule has 0 aliphatic heterocycles. The molecule has 3 aromatic rings. The number of hydrogen-bond donors (Lipinski definition) is 0. The van der Waals surface area contributed by atoms with Gasteiger partial charge in [-0.2, -0.15) is 0 Å². The molecule has 3 heteroatoms. The van der Waals surface area contributed by atoms with Crippen LogP contribution in [-0.2, 0) is 0 Å². The topological polar surface area (TPSA) is 12.5 Å². The van der Waals surface area contributed by atoms with Gasteiger partial charge in [-0.25, -0.2) is 0 Å².